The minimum Gasteiger partial charge on any atom is -0.392 e. The van der Waals surface area contributed by atoms with Gasteiger partial charge in [-0.05, 0) is 43.3 Å². The fraction of sp³-hybridized carbons (Fsp3) is 0.267. The number of nitrogens with one attached hydrogen (secondary N) is 1. The topological polar surface area (TPSA) is 61.0 Å². The summed E-state index contributed by atoms with van der Waals surface area (Å²) in [5.74, 6) is 0. The van der Waals surface area contributed by atoms with Gasteiger partial charge in [0.15, 0.2) is 0 Å². The summed E-state index contributed by atoms with van der Waals surface area (Å²) in [6.45, 7) is 3.02. The second-order valence-electron chi connectivity index (χ2n) is 4.51. The number of nitriles is 1. The molecule has 0 aliphatic rings. The van der Waals surface area contributed by atoms with E-state index in [2.05, 4.69) is 16.0 Å². The maximum absolute atomic E-state index is 9.23. The van der Waals surface area contributed by atoms with Crippen molar-refractivity contribution in [2.45, 2.75) is 19.6 Å². The molecule has 1 atom stereocenters. The van der Waals surface area contributed by atoms with E-state index < -0.39 is 0 Å². The summed E-state index contributed by atoms with van der Waals surface area (Å²) < 4.78 is 2.07. The molecule has 0 fully saturated rings. The predicted octanol–water partition coefficient (Wildman–Crippen LogP) is 1.82. The maximum atomic E-state index is 9.23. The molecule has 0 saturated carbocycles. The van der Waals surface area contributed by atoms with Crippen molar-refractivity contribution in [3.05, 3.63) is 53.9 Å². The van der Waals surface area contributed by atoms with Gasteiger partial charge in [0, 0.05) is 30.7 Å². The molecule has 1 aromatic heterocycles. The number of aromatic nitrogens is 1. The highest BCUT2D eigenvalue weighted by Crippen LogP contribution is 2.13. The second kappa shape index (κ2) is 6.19. The molecule has 4 heteroatoms. The monoisotopic (exact) mass is 255 g/mol. The van der Waals surface area contributed by atoms with Gasteiger partial charge in [0.05, 0.1) is 17.7 Å². The summed E-state index contributed by atoms with van der Waals surface area (Å²) in [5.41, 5.74) is 2.80. The third kappa shape index (κ3) is 3.44. The van der Waals surface area contributed by atoms with E-state index in [0.717, 1.165) is 11.4 Å². The third-order valence-corrected chi connectivity index (χ3v) is 2.85. The van der Waals surface area contributed by atoms with E-state index in [1.165, 1.54) is 0 Å². The molecule has 1 heterocycles. The average Bonchev–Trinajstić information content (AvgIpc) is 2.87. The van der Waals surface area contributed by atoms with Gasteiger partial charge in [-0.1, -0.05) is 0 Å². The van der Waals surface area contributed by atoms with E-state index in [-0.39, 0.29) is 6.10 Å². The molecule has 0 amide bonds. The molecule has 0 bridgehead atoms. The van der Waals surface area contributed by atoms with Gasteiger partial charge >= 0.3 is 0 Å². The van der Waals surface area contributed by atoms with Crippen molar-refractivity contribution in [1.29, 1.82) is 5.26 Å². The smallest absolute Gasteiger partial charge is 0.0991 e. The summed E-state index contributed by atoms with van der Waals surface area (Å²) in [7, 11) is 0. The zero-order valence-electron chi connectivity index (χ0n) is 10.9. The molecular weight excluding hydrogens is 238 g/mol. The van der Waals surface area contributed by atoms with Crippen LogP contribution in [0.5, 0.6) is 0 Å². The Balaban J connectivity index is 2.12. The fourth-order valence-corrected chi connectivity index (χ4v) is 1.92. The standard InChI is InChI=1S/C15H17N3O/c1-12(19)10-17-11-15-3-2-8-18(15)14-6-4-13(9-16)5-7-14/h2-8,12,17,19H,10-11H2,1H3. The van der Waals surface area contributed by atoms with E-state index in [1.54, 1.807) is 6.92 Å². The van der Waals surface area contributed by atoms with E-state index in [0.29, 0.717) is 18.7 Å². The summed E-state index contributed by atoms with van der Waals surface area (Å²) in [5, 5.41) is 21.2. The first-order valence-corrected chi connectivity index (χ1v) is 6.26. The average molecular weight is 255 g/mol. The quantitative estimate of drug-likeness (QED) is 0.856. The number of hydrogen-bond donors (Lipinski definition) is 2. The molecule has 0 aliphatic carbocycles. The van der Waals surface area contributed by atoms with Crippen molar-refractivity contribution in [3.63, 3.8) is 0 Å². The number of aliphatic hydroxyl groups excluding tert-OH is 1. The molecule has 0 radical (unpaired) electrons. The largest absolute Gasteiger partial charge is 0.392 e. The van der Waals surface area contributed by atoms with Gasteiger partial charge in [-0.3, -0.25) is 0 Å². The van der Waals surface area contributed by atoms with Crippen LogP contribution in [0.2, 0.25) is 0 Å². The molecule has 2 N–H and O–H groups in total. The lowest BCUT2D eigenvalue weighted by Gasteiger charge is -2.11. The number of hydrogen-bond acceptors (Lipinski definition) is 3. The Hall–Kier alpha value is -2.09. The van der Waals surface area contributed by atoms with Crippen LogP contribution in [0.4, 0.5) is 0 Å². The van der Waals surface area contributed by atoms with Gasteiger partial charge in [0.25, 0.3) is 0 Å². The van der Waals surface area contributed by atoms with Crippen LogP contribution in [0.1, 0.15) is 18.2 Å². The Morgan fingerprint density at radius 3 is 2.68 bits per heavy atom. The van der Waals surface area contributed by atoms with E-state index >= 15 is 0 Å². The summed E-state index contributed by atoms with van der Waals surface area (Å²) in [6, 6.07) is 13.6. The highest BCUT2D eigenvalue weighted by Gasteiger charge is 2.04. The van der Waals surface area contributed by atoms with Crippen molar-refractivity contribution in [3.8, 4) is 11.8 Å². The van der Waals surface area contributed by atoms with Crippen LogP contribution in [0.3, 0.4) is 0 Å². The van der Waals surface area contributed by atoms with E-state index in [1.807, 2.05) is 42.6 Å². The minimum atomic E-state index is -0.349. The van der Waals surface area contributed by atoms with Gasteiger partial charge in [0.1, 0.15) is 0 Å². The first kappa shape index (κ1) is 13.3. The fourth-order valence-electron chi connectivity index (χ4n) is 1.92. The Morgan fingerprint density at radius 2 is 2.05 bits per heavy atom. The van der Waals surface area contributed by atoms with Gasteiger partial charge in [-0.2, -0.15) is 5.26 Å². The predicted molar refractivity (Wildman–Crippen MR) is 73.9 cm³/mol. The van der Waals surface area contributed by atoms with Gasteiger partial charge in [-0.25, -0.2) is 0 Å². The van der Waals surface area contributed by atoms with Crippen LogP contribution in [-0.2, 0) is 6.54 Å². The van der Waals surface area contributed by atoms with Gasteiger partial charge in [0.2, 0.25) is 0 Å². The van der Waals surface area contributed by atoms with E-state index in [4.69, 9.17) is 5.26 Å². The second-order valence-corrected chi connectivity index (χ2v) is 4.51. The minimum absolute atomic E-state index is 0.349. The highest BCUT2D eigenvalue weighted by atomic mass is 16.3. The molecular formula is C15H17N3O. The normalized spacial score (nSPS) is 12.1. The van der Waals surface area contributed by atoms with Crippen LogP contribution in [0.15, 0.2) is 42.6 Å². The molecule has 0 saturated heterocycles. The molecule has 98 valence electrons. The SMILES string of the molecule is CC(O)CNCc1cccn1-c1ccc(C#N)cc1. The zero-order valence-corrected chi connectivity index (χ0v) is 10.9. The van der Waals surface area contributed by atoms with Crippen LogP contribution >= 0.6 is 0 Å². The lowest BCUT2D eigenvalue weighted by Crippen LogP contribution is -2.24. The van der Waals surface area contributed by atoms with Crippen molar-refractivity contribution in [2.24, 2.45) is 0 Å². The molecule has 2 aromatic rings. The van der Waals surface area contributed by atoms with Crippen LogP contribution in [-0.4, -0.2) is 22.3 Å². The number of rotatable bonds is 5. The molecule has 19 heavy (non-hydrogen) atoms. The molecule has 2 rings (SSSR count). The Kier molecular flexibility index (Phi) is 4.35. The Labute approximate surface area is 112 Å². The lowest BCUT2D eigenvalue weighted by molar-refractivity contribution is 0.190. The number of benzene rings is 1. The van der Waals surface area contributed by atoms with Crippen LogP contribution in [0, 0.1) is 11.3 Å². The third-order valence-electron chi connectivity index (χ3n) is 2.85. The summed E-state index contributed by atoms with van der Waals surface area (Å²) in [4.78, 5) is 0. The maximum Gasteiger partial charge on any atom is 0.0991 e. The number of nitrogens with zero attached hydrogens (tertiary/aromatic N) is 2. The van der Waals surface area contributed by atoms with Crippen LogP contribution < -0.4 is 5.32 Å². The van der Waals surface area contributed by atoms with Crippen molar-refractivity contribution >= 4 is 0 Å². The number of aliphatic hydroxyl groups is 1. The lowest BCUT2D eigenvalue weighted by atomic mass is 10.2. The first-order chi connectivity index (χ1) is 9.20. The van der Waals surface area contributed by atoms with Gasteiger partial charge in [-0.15, -0.1) is 0 Å². The van der Waals surface area contributed by atoms with Crippen molar-refractivity contribution < 1.29 is 5.11 Å². The summed E-state index contributed by atoms with van der Waals surface area (Å²) >= 11 is 0. The first-order valence-electron chi connectivity index (χ1n) is 6.26. The van der Waals surface area contributed by atoms with Crippen molar-refractivity contribution in [2.75, 3.05) is 6.54 Å². The molecule has 1 unspecified atom stereocenters. The Bertz CT molecular complexity index is 564. The molecule has 4 nitrogen and oxygen atoms in total. The van der Waals surface area contributed by atoms with Gasteiger partial charge < -0.3 is 15.0 Å². The van der Waals surface area contributed by atoms with E-state index in [9.17, 15) is 5.11 Å². The summed E-state index contributed by atoms with van der Waals surface area (Å²) in [6.07, 6.45) is 1.64. The Morgan fingerprint density at radius 1 is 1.32 bits per heavy atom. The highest BCUT2D eigenvalue weighted by molar-refractivity contribution is 5.41. The van der Waals surface area contributed by atoms with Crippen molar-refractivity contribution in [1.82, 2.24) is 9.88 Å². The zero-order chi connectivity index (χ0) is 13.7. The molecule has 1 aromatic carbocycles. The van der Waals surface area contributed by atoms with Crippen LogP contribution in [0.25, 0.3) is 5.69 Å². The molecule has 0 aliphatic heterocycles. The molecule has 0 spiro atoms.